The zero-order valence-electron chi connectivity index (χ0n) is 9.18. The molecule has 17 heavy (non-hydrogen) atoms. The Balaban J connectivity index is 2.05. The van der Waals surface area contributed by atoms with E-state index in [2.05, 4.69) is 12.1 Å². The van der Waals surface area contributed by atoms with Crippen LogP contribution in [0.4, 0.5) is 5.69 Å². The van der Waals surface area contributed by atoms with Crippen LogP contribution in [0, 0.1) is 11.3 Å². The van der Waals surface area contributed by atoms with Crippen LogP contribution in [0.15, 0.2) is 35.9 Å². The minimum absolute atomic E-state index is 0.0221. The van der Waals surface area contributed by atoms with Gasteiger partial charge in [-0.05, 0) is 18.1 Å². The van der Waals surface area contributed by atoms with E-state index >= 15 is 0 Å². The molecule has 0 bridgehead atoms. The molecule has 1 fully saturated rings. The summed E-state index contributed by atoms with van der Waals surface area (Å²) in [6, 6.07) is 10.2. The quantitative estimate of drug-likeness (QED) is 0.629. The van der Waals surface area contributed by atoms with Gasteiger partial charge in [-0.1, -0.05) is 24.3 Å². The maximum Gasteiger partial charge on any atom is 0.227 e. The molecule has 2 aliphatic heterocycles. The van der Waals surface area contributed by atoms with E-state index in [9.17, 15) is 10.1 Å². The van der Waals surface area contributed by atoms with Crippen LogP contribution in [0.3, 0.4) is 0 Å². The molecule has 82 valence electrons. The van der Waals surface area contributed by atoms with Crippen LogP contribution in [0.25, 0.3) is 0 Å². The van der Waals surface area contributed by atoms with Crippen LogP contribution in [0.5, 0.6) is 0 Å². The maximum absolute atomic E-state index is 12.1. The number of hydrogen-bond donors (Lipinski definition) is 0. The second kappa shape index (κ2) is 2.60. The topological polar surface area (TPSA) is 44.1 Å². The fourth-order valence-corrected chi connectivity index (χ4v) is 3.43. The molecular weight excluding hydrogens is 212 g/mol. The molecule has 0 spiro atoms. The summed E-state index contributed by atoms with van der Waals surface area (Å²) >= 11 is 0. The second-order valence-electron chi connectivity index (χ2n) is 4.88. The van der Waals surface area contributed by atoms with Crippen molar-refractivity contribution in [2.24, 2.45) is 0 Å². The first kappa shape index (κ1) is 9.00. The third kappa shape index (κ3) is 0.794. The van der Waals surface area contributed by atoms with Crippen molar-refractivity contribution in [1.29, 1.82) is 5.26 Å². The lowest BCUT2D eigenvalue weighted by Gasteiger charge is -2.44. The molecule has 0 aromatic heterocycles. The number of fused-ring (bicyclic) bond motifs is 3. The van der Waals surface area contributed by atoms with Crippen LogP contribution in [-0.4, -0.2) is 11.9 Å². The Kier molecular flexibility index (Phi) is 1.37. The Hall–Kier alpha value is -2.08. The van der Waals surface area contributed by atoms with Gasteiger partial charge in [0.1, 0.15) is 5.41 Å². The molecule has 0 unspecified atom stereocenters. The first-order chi connectivity index (χ1) is 8.28. The molecule has 0 N–H and O–H groups in total. The summed E-state index contributed by atoms with van der Waals surface area (Å²) in [5.41, 5.74) is 2.60. The van der Waals surface area contributed by atoms with Gasteiger partial charge < -0.3 is 4.90 Å². The normalized spacial score (nSPS) is 32.2. The molecule has 4 rings (SSSR count). The summed E-state index contributed by atoms with van der Waals surface area (Å²) < 4.78 is 0. The lowest BCUT2D eigenvalue weighted by molar-refractivity contribution is -0.119. The summed E-state index contributed by atoms with van der Waals surface area (Å²) in [7, 11) is 0. The van der Waals surface area contributed by atoms with Crippen LogP contribution in [-0.2, 0) is 10.2 Å². The number of anilines is 1. The summed E-state index contributed by atoms with van der Waals surface area (Å²) in [4.78, 5) is 13.9. The molecular formula is C14H10N2O. The van der Waals surface area contributed by atoms with Crippen molar-refractivity contribution in [2.45, 2.75) is 24.3 Å². The third-order valence-corrected chi connectivity index (χ3v) is 4.14. The van der Waals surface area contributed by atoms with Gasteiger partial charge in [-0.25, -0.2) is 0 Å². The molecule has 1 aliphatic carbocycles. The van der Waals surface area contributed by atoms with Gasteiger partial charge in [0, 0.05) is 17.7 Å². The highest BCUT2D eigenvalue weighted by atomic mass is 16.2. The van der Waals surface area contributed by atoms with E-state index in [0.717, 1.165) is 17.7 Å². The zero-order valence-corrected chi connectivity index (χ0v) is 9.18. The Bertz CT molecular complexity index is 625. The van der Waals surface area contributed by atoms with Crippen molar-refractivity contribution in [3.63, 3.8) is 0 Å². The molecule has 1 aromatic carbocycles. The molecule has 0 radical (unpaired) electrons. The monoisotopic (exact) mass is 222 g/mol. The third-order valence-electron chi connectivity index (χ3n) is 4.14. The smallest absolute Gasteiger partial charge is 0.227 e. The van der Waals surface area contributed by atoms with Gasteiger partial charge in [0.25, 0.3) is 0 Å². The SMILES string of the molecule is N#C[C@@]12C=C3CCC(=O)N(c4ccccc41)[C@H]32. The van der Waals surface area contributed by atoms with Crippen LogP contribution >= 0.6 is 0 Å². The second-order valence-corrected chi connectivity index (χ2v) is 4.88. The van der Waals surface area contributed by atoms with E-state index in [1.54, 1.807) is 0 Å². The number of nitriles is 1. The Morgan fingerprint density at radius 1 is 1.35 bits per heavy atom. The fourth-order valence-electron chi connectivity index (χ4n) is 3.43. The molecule has 3 heteroatoms. The molecule has 1 aromatic rings. The van der Waals surface area contributed by atoms with Gasteiger partial charge >= 0.3 is 0 Å². The Morgan fingerprint density at radius 3 is 3.00 bits per heavy atom. The standard InChI is InChI=1S/C14H10N2O/c15-8-14-7-9-5-6-12(17)16(13(9)14)11-4-2-1-3-10(11)14/h1-4,7,13H,5-6H2/t13-,14+/m1/s1. The van der Waals surface area contributed by atoms with E-state index in [-0.39, 0.29) is 11.9 Å². The molecule has 1 amide bonds. The molecule has 2 atom stereocenters. The van der Waals surface area contributed by atoms with Gasteiger partial charge in [-0.2, -0.15) is 5.26 Å². The van der Waals surface area contributed by atoms with Gasteiger partial charge in [0.05, 0.1) is 12.1 Å². The number of amides is 1. The van der Waals surface area contributed by atoms with Crippen molar-refractivity contribution >= 4 is 11.6 Å². The number of nitrogens with zero attached hydrogens (tertiary/aromatic N) is 2. The number of hydrogen-bond acceptors (Lipinski definition) is 2. The first-order valence-electron chi connectivity index (χ1n) is 5.82. The minimum Gasteiger partial charge on any atom is -0.303 e. The highest BCUT2D eigenvalue weighted by molar-refractivity contribution is 6.01. The fraction of sp³-hybridized carbons (Fsp3) is 0.286. The zero-order chi connectivity index (χ0) is 11.6. The number of rotatable bonds is 0. The van der Waals surface area contributed by atoms with Crippen molar-refractivity contribution in [3.8, 4) is 6.07 Å². The average Bonchev–Trinajstić information content (AvgIpc) is 2.59. The Morgan fingerprint density at radius 2 is 2.18 bits per heavy atom. The van der Waals surface area contributed by atoms with Crippen molar-refractivity contribution in [2.75, 3.05) is 4.90 Å². The lowest BCUT2D eigenvalue weighted by atomic mass is 9.63. The summed E-state index contributed by atoms with van der Waals surface area (Å²) in [5.74, 6) is 0.149. The van der Waals surface area contributed by atoms with E-state index in [4.69, 9.17) is 0 Å². The van der Waals surface area contributed by atoms with Crippen molar-refractivity contribution < 1.29 is 4.79 Å². The van der Waals surface area contributed by atoms with Gasteiger partial charge in [-0.15, -0.1) is 0 Å². The molecule has 2 heterocycles. The number of piperidine rings is 1. The maximum atomic E-state index is 12.1. The van der Waals surface area contributed by atoms with E-state index in [1.165, 1.54) is 5.57 Å². The highest BCUT2D eigenvalue weighted by Gasteiger charge is 2.60. The molecule has 0 saturated carbocycles. The highest BCUT2D eigenvalue weighted by Crippen LogP contribution is 2.57. The van der Waals surface area contributed by atoms with E-state index in [1.807, 2.05) is 29.2 Å². The summed E-state index contributed by atoms with van der Waals surface area (Å²) in [5, 5.41) is 9.50. The van der Waals surface area contributed by atoms with Crippen LogP contribution in [0.1, 0.15) is 18.4 Å². The van der Waals surface area contributed by atoms with Crippen molar-refractivity contribution in [1.82, 2.24) is 0 Å². The van der Waals surface area contributed by atoms with Gasteiger partial charge in [0.15, 0.2) is 0 Å². The number of benzene rings is 1. The summed E-state index contributed by atoms with van der Waals surface area (Å²) in [6.07, 6.45) is 3.44. The van der Waals surface area contributed by atoms with Gasteiger partial charge in [-0.3, -0.25) is 4.79 Å². The average molecular weight is 222 g/mol. The summed E-state index contributed by atoms with van der Waals surface area (Å²) in [6.45, 7) is 0. The number of para-hydroxylation sites is 1. The Labute approximate surface area is 99.0 Å². The molecule has 1 saturated heterocycles. The van der Waals surface area contributed by atoms with Crippen LogP contribution < -0.4 is 4.90 Å². The van der Waals surface area contributed by atoms with Crippen LogP contribution in [0.2, 0.25) is 0 Å². The minimum atomic E-state index is -0.567. The van der Waals surface area contributed by atoms with E-state index < -0.39 is 5.41 Å². The predicted octanol–water partition coefficient (Wildman–Crippen LogP) is 1.90. The lowest BCUT2D eigenvalue weighted by Crippen LogP contribution is -2.55. The number of carbonyl (C=O) groups is 1. The van der Waals surface area contributed by atoms with Gasteiger partial charge in [0.2, 0.25) is 5.91 Å². The molecule has 3 aliphatic rings. The van der Waals surface area contributed by atoms with E-state index in [0.29, 0.717) is 6.42 Å². The number of carbonyl (C=O) groups excluding carboxylic acids is 1. The van der Waals surface area contributed by atoms with Crippen molar-refractivity contribution in [3.05, 3.63) is 41.5 Å². The largest absolute Gasteiger partial charge is 0.303 e. The molecule has 3 nitrogen and oxygen atoms in total. The predicted molar refractivity (Wildman–Crippen MR) is 62.3 cm³/mol. The first-order valence-corrected chi connectivity index (χ1v) is 5.82.